The van der Waals surface area contributed by atoms with Crippen molar-refractivity contribution in [2.45, 2.75) is 13.0 Å². The molecule has 0 radical (unpaired) electrons. The summed E-state index contributed by atoms with van der Waals surface area (Å²) in [7, 11) is 5.59. The van der Waals surface area contributed by atoms with Crippen molar-refractivity contribution in [1.82, 2.24) is 23.9 Å². The van der Waals surface area contributed by atoms with Gasteiger partial charge in [0, 0.05) is 61.6 Å². The summed E-state index contributed by atoms with van der Waals surface area (Å²) >= 11 is 0. The lowest BCUT2D eigenvalue weighted by Crippen LogP contribution is -2.31. The fraction of sp³-hybridized carbons (Fsp3) is 0.400. The number of fused-ring (bicyclic) bond motifs is 2. The summed E-state index contributed by atoms with van der Waals surface area (Å²) in [5.74, 6) is 1.48. The molecule has 0 unspecified atom stereocenters. The molecule has 1 aliphatic rings. The molecule has 0 saturated carbocycles. The highest BCUT2D eigenvalue weighted by Crippen LogP contribution is 2.37. The van der Waals surface area contributed by atoms with Gasteiger partial charge in [0.2, 0.25) is 0 Å². The fourth-order valence-electron chi connectivity index (χ4n) is 4.71. The lowest BCUT2D eigenvalue weighted by molar-refractivity contribution is 0.267. The smallest absolute Gasteiger partial charge is 0.162 e. The summed E-state index contributed by atoms with van der Waals surface area (Å²) in [4.78, 5) is 9.62. The minimum Gasteiger partial charge on any atom is -0.493 e. The molecule has 4 aromatic rings. The number of methoxy groups -OCH3 is 2. The van der Waals surface area contributed by atoms with Gasteiger partial charge in [-0.25, -0.2) is 4.98 Å². The van der Waals surface area contributed by atoms with E-state index in [1.165, 1.54) is 13.0 Å². The number of ether oxygens (including phenoxy) is 2. The first-order chi connectivity index (χ1) is 15.7. The van der Waals surface area contributed by atoms with Gasteiger partial charge in [-0.05, 0) is 50.8 Å². The molecule has 3 aromatic heterocycles. The molecule has 0 amide bonds. The van der Waals surface area contributed by atoms with Crippen molar-refractivity contribution in [3.8, 4) is 17.2 Å². The summed E-state index contributed by atoms with van der Waals surface area (Å²) in [6.45, 7) is 6.52. The molecule has 0 N–H and O–H groups in total. The van der Waals surface area contributed by atoms with E-state index in [-0.39, 0.29) is 0 Å². The molecule has 4 heterocycles. The Labute approximate surface area is 188 Å². The summed E-state index contributed by atoms with van der Waals surface area (Å²) in [5.41, 5.74) is 3.20. The topological polar surface area (TPSA) is 47.7 Å². The maximum atomic E-state index is 5.62. The molecule has 1 aromatic carbocycles. The molecule has 1 saturated heterocycles. The van der Waals surface area contributed by atoms with Crippen LogP contribution in [-0.4, -0.2) is 77.9 Å². The maximum Gasteiger partial charge on any atom is 0.162 e. The number of benzene rings is 1. The third-order valence-electron chi connectivity index (χ3n) is 6.54. The van der Waals surface area contributed by atoms with Gasteiger partial charge in [-0.1, -0.05) is 0 Å². The standard InChI is InChI=1S/C25H31N5O2/c1-27-9-5-10-28(13-12-27)14-15-29-18-22(30-11-7-19-6-4-8-26-25(19)30)20-16-23(31-2)24(32-3)17-21(20)29/h4,6-8,11,16-18H,5,9-10,12-15H2,1-3H3. The minimum atomic E-state index is 0.735. The number of aromatic nitrogens is 3. The van der Waals surface area contributed by atoms with Crippen molar-refractivity contribution in [2.75, 3.05) is 54.0 Å². The Bertz CT molecular complexity index is 1230. The Kier molecular flexibility index (Phi) is 5.76. The van der Waals surface area contributed by atoms with Crippen molar-refractivity contribution >= 4 is 21.9 Å². The highest BCUT2D eigenvalue weighted by Gasteiger charge is 2.18. The van der Waals surface area contributed by atoms with Gasteiger partial charge in [0.1, 0.15) is 5.65 Å². The second kappa shape index (κ2) is 8.84. The molecule has 1 aliphatic heterocycles. The van der Waals surface area contributed by atoms with Gasteiger partial charge in [0.15, 0.2) is 11.5 Å². The molecule has 0 bridgehead atoms. The van der Waals surface area contributed by atoms with Gasteiger partial charge in [-0.2, -0.15) is 0 Å². The minimum absolute atomic E-state index is 0.735. The van der Waals surface area contributed by atoms with E-state index in [2.05, 4.69) is 67.6 Å². The zero-order chi connectivity index (χ0) is 22.1. The summed E-state index contributed by atoms with van der Waals surface area (Å²) in [6, 6.07) is 10.4. The lowest BCUT2D eigenvalue weighted by atomic mass is 10.2. The molecular formula is C25H31N5O2. The van der Waals surface area contributed by atoms with Gasteiger partial charge in [-0.15, -0.1) is 0 Å². The second-order valence-electron chi connectivity index (χ2n) is 8.53. The quantitative estimate of drug-likeness (QED) is 0.465. The highest BCUT2D eigenvalue weighted by atomic mass is 16.5. The van der Waals surface area contributed by atoms with E-state index in [9.17, 15) is 0 Å². The van der Waals surface area contributed by atoms with Crippen molar-refractivity contribution in [2.24, 2.45) is 0 Å². The third-order valence-corrected chi connectivity index (χ3v) is 6.54. The van der Waals surface area contributed by atoms with Crippen molar-refractivity contribution in [3.63, 3.8) is 0 Å². The van der Waals surface area contributed by atoms with Crippen LogP contribution in [0.1, 0.15) is 6.42 Å². The van der Waals surface area contributed by atoms with Crippen LogP contribution >= 0.6 is 0 Å². The van der Waals surface area contributed by atoms with Crippen LogP contribution in [-0.2, 0) is 6.54 Å². The van der Waals surface area contributed by atoms with E-state index in [0.29, 0.717) is 0 Å². The summed E-state index contributed by atoms with van der Waals surface area (Å²) in [6.07, 6.45) is 7.40. The van der Waals surface area contributed by atoms with E-state index in [1.807, 2.05) is 12.3 Å². The Morgan fingerprint density at radius 1 is 0.969 bits per heavy atom. The molecule has 0 spiro atoms. The molecular weight excluding hydrogens is 402 g/mol. The SMILES string of the molecule is COc1cc2c(-n3ccc4cccnc43)cn(CCN3CCCN(C)CC3)c2cc1OC. The first-order valence-corrected chi connectivity index (χ1v) is 11.3. The van der Waals surface area contributed by atoms with Crippen LogP contribution in [0.5, 0.6) is 11.5 Å². The first-order valence-electron chi connectivity index (χ1n) is 11.3. The van der Waals surface area contributed by atoms with Crippen LogP contribution in [0.4, 0.5) is 0 Å². The van der Waals surface area contributed by atoms with E-state index in [4.69, 9.17) is 9.47 Å². The molecule has 1 fully saturated rings. The summed E-state index contributed by atoms with van der Waals surface area (Å²) in [5, 5.41) is 2.25. The lowest BCUT2D eigenvalue weighted by Gasteiger charge is -2.20. The molecule has 0 aliphatic carbocycles. The van der Waals surface area contributed by atoms with Crippen molar-refractivity contribution < 1.29 is 9.47 Å². The maximum absolute atomic E-state index is 5.62. The van der Waals surface area contributed by atoms with Gasteiger partial charge >= 0.3 is 0 Å². The highest BCUT2D eigenvalue weighted by molar-refractivity contribution is 5.93. The fourth-order valence-corrected chi connectivity index (χ4v) is 4.71. The normalized spacial score (nSPS) is 16.0. The van der Waals surface area contributed by atoms with Gasteiger partial charge in [0.05, 0.1) is 25.4 Å². The average molecular weight is 434 g/mol. The molecule has 168 valence electrons. The predicted molar refractivity (Wildman–Crippen MR) is 128 cm³/mol. The van der Waals surface area contributed by atoms with Crippen molar-refractivity contribution in [1.29, 1.82) is 0 Å². The number of nitrogens with zero attached hydrogens (tertiary/aromatic N) is 5. The monoisotopic (exact) mass is 433 g/mol. The number of likely N-dealkylation sites (N-methyl/N-ethyl adjacent to an activating group) is 1. The zero-order valence-corrected chi connectivity index (χ0v) is 19.1. The van der Waals surface area contributed by atoms with Gasteiger partial charge < -0.3 is 23.8 Å². The largest absolute Gasteiger partial charge is 0.493 e. The summed E-state index contributed by atoms with van der Waals surface area (Å²) < 4.78 is 15.8. The number of hydrogen-bond acceptors (Lipinski definition) is 5. The number of rotatable bonds is 6. The van der Waals surface area contributed by atoms with Crippen LogP contribution in [0.3, 0.4) is 0 Å². The molecule has 7 heteroatoms. The van der Waals surface area contributed by atoms with E-state index < -0.39 is 0 Å². The number of pyridine rings is 1. The van der Waals surface area contributed by atoms with Crippen LogP contribution in [0.25, 0.3) is 27.6 Å². The molecule has 5 rings (SSSR count). The van der Waals surface area contributed by atoms with Gasteiger partial charge in [-0.3, -0.25) is 4.57 Å². The predicted octanol–water partition coefficient (Wildman–Crippen LogP) is 3.63. The van der Waals surface area contributed by atoms with Crippen LogP contribution < -0.4 is 9.47 Å². The Hall–Kier alpha value is -3.03. The Morgan fingerprint density at radius 2 is 1.81 bits per heavy atom. The second-order valence-corrected chi connectivity index (χ2v) is 8.53. The van der Waals surface area contributed by atoms with E-state index >= 15 is 0 Å². The molecule has 0 atom stereocenters. The van der Waals surface area contributed by atoms with E-state index in [0.717, 1.165) is 71.8 Å². The van der Waals surface area contributed by atoms with Gasteiger partial charge in [0.25, 0.3) is 0 Å². The van der Waals surface area contributed by atoms with Crippen LogP contribution in [0, 0.1) is 0 Å². The van der Waals surface area contributed by atoms with Crippen molar-refractivity contribution in [3.05, 3.63) is 48.9 Å². The Morgan fingerprint density at radius 3 is 2.66 bits per heavy atom. The van der Waals surface area contributed by atoms with Crippen LogP contribution in [0.15, 0.2) is 48.9 Å². The van der Waals surface area contributed by atoms with Crippen LogP contribution in [0.2, 0.25) is 0 Å². The molecule has 32 heavy (non-hydrogen) atoms. The third kappa shape index (κ3) is 3.82. The number of hydrogen-bond donors (Lipinski definition) is 0. The average Bonchev–Trinajstić information content (AvgIpc) is 3.33. The zero-order valence-electron chi connectivity index (χ0n) is 19.1. The Balaban J connectivity index is 1.56. The first kappa shape index (κ1) is 20.8. The van der Waals surface area contributed by atoms with E-state index in [1.54, 1.807) is 14.2 Å². The molecule has 7 nitrogen and oxygen atoms in total.